The van der Waals surface area contributed by atoms with Gasteiger partial charge in [0.1, 0.15) is 0 Å². The maximum absolute atomic E-state index is 5.62. The van der Waals surface area contributed by atoms with Crippen molar-refractivity contribution in [2.24, 2.45) is 0 Å². The first-order chi connectivity index (χ1) is 10.2. The van der Waals surface area contributed by atoms with E-state index < -0.39 is 0 Å². The summed E-state index contributed by atoms with van der Waals surface area (Å²) in [5.74, 6) is 0. The minimum atomic E-state index is -0.120. The SMILES string of the molecule is COC1(C)CC=CC(c2[nH]ncc2-c2ccccc2)=CC1. The van der Waals surface area contributed by atoms with Crippen LogP contribution in [0.15, 0.2) is 54.8 Å². The molecule has 1 heterocycles. The molecule has 0 saturated carbocycles. The molecule has 3 nitrogen and oxygen atoms in total. The molecule has 3 rings (SSSR count). The Balaban J connectivity index is 1.97. The van der Waals surface area contributed by atoms with Crippen molar-refractivity contribution in [3.63, 3.8) is 0 Å². The average molecular weight is 280 g/mol. The van der Waals surface area contributed by atoms with Crippen molar-refractivity contribution in [1.29, 1.82) is 0 Å². The highest BCUT2D eigenvalue weighted by Crippen LogP contribution is 2.32. The number of hydrogen-bond acceptors (Lipinski definition) is 2. The molecule has 21 heavy (non-hydrogen) atoms. The predicted octanol–water partition coefficient (Wildman–Crippen LogP) is 4.22. The van der Waals surface area contributed by atoms with Gasteiger partial charge in [0.05, 0.1) is 17.5 Å². The summed E-state index contributed by atoms with van der Waals surface area (Å²) < 4.78 is 5.62. The van der Waals surface area contributed by atoms with Crippen LogP contribution >= 0.6 is 0 Å². The van der Waals surface area contributed by atoms with Crippen LogP contribution < -0.4 is 0 Å². The van der Waals surface area contributed by atoms with E-state index in [2.05, 4.69) is 47.5 Å². The van der Waals surface area contributed by atoms with Gasteiger partial charge in [0, 0.05) is 12.7 Å². The van der Waals surface area contributed by atoms with Crippen LogP contribution in [0.2, 0.25) is 0 Å². The van der Waals surface area contributed by atoms with Crippen LogP contribution in [-0.2, 0) is 4.74 Å². The second-order valence-corrected chi connectivity index (χ2v) is 5.65. The van der Waals surface area contributed by atoms with E-state index in [9.17, 15) is 0 Å². The normalized spacial score (nSPS) is 21.9. The smallest absolute Gasteiger partial charge is 0.0725 e. The van der Waals surface area contributed by atoms with Crippen LogP contribution in [0.3, 0.4) is 0 Å². The van der Waals surface area contributed by atoms with Crippen LogP contribution in [0.1, 0.15) is 25.5 Å². The Kier molecular flexibility index (Phi) is 3.76. The topological polar surface area (TPSA) is 37.9 Å². The van der Waals surface area contributed by atoms with Gasteiger partial charge in [0.15, 0.2) is 0 Å². The molecular formula is C18H20N2O. The van der Waals surface area contributed by atoms with Crippen molar-refractivity contribution in [2.45, 2.75) is 25.4 Å². The summed E-state index contributed by atoms with van der Waals surface area (Å²) >= 11 is 0. The molecule has 1 aliphatic rings. The number of benzene rings is 1. The number of rotatable bonds is 3. The summed E-state index contributed by atoms with van der Waals surface area (Å²) in [6.07, 6.45) is 10.3. The molecule has 1 N–H and O–H groups in total. The van der Waals surface area contributed by atoms with E-state index in [4.69, 9.17) is 4.74 Å². The maximum Gasteiger partial charge on any atom is 0.0725 e. The standard InChI is InChI=1S/C18H20N2O/c1-18(21-2)11-6-9-15(10-12-18)17-16(13-19-20-17)14-7-4-3-5-8-14/h3-10,13H,11-12H2,1-2H3,(H,19,20). The fourth-order valence-corrected chi connectivity index (χ4v) is 2.61. The third-order valence-electron chi connectivity index (χ3n) is 4.11. The number of allylic oxidation sites excluding steroid dienone is 2. The van der Waals surface area contributed by atoms with Crippen molar-refractivity contribution < 1.29 is 4.74 Å². The van der Waals surface area contributed by atoms with Gasteiger partial charge < -0.3 is 4.74 Å². The first kappa shape index (κ1) is 13.8. The van der Waals surface area contributed by atoms with Crippen molar-refractivity contribution in [1.82, 2.24) is 10.2 Å². The lowest BCUT2D eigenvalue weighted by molar-refractivity contribution is 0.0118. The van der Waals surface area contributed by atoms with E-state index in [1.54, 1.807) is 7.11 Å². The predicted molar refractivity (Wildman–Crippen MR) is 85.8 cm³/mol. The lowest BCUT2D eigenvalue weighted by Gasteiger charge is -2.24. The highest BCUT2D eigenvalue weighted by Gasteiger charge is 2.23. The van der Waals surface area contributed by atoms with Gasteiger partial charge in [-0.25, -0.2) is 0 Å². The van der Waals surface area contributed by atoms with Gasteiger partial charge >= 0.3 is 0 Å². The molecule has 1 aromatic carbocycles. The van der Waals surface area contributed by atoms with Gasteiger partial charge in [-0.1, -0.05) is 48.6 Å². The molecule has 0 fully saturated rings. The van der Waals surface area contributed by atoms with Crippen LogP contribution in [0, 0.1) is 0 Å². The Morgan fingerprint density at radius 2 is 2.00 bits per heavy atom. The Labute approximate surface area is 125 Å². The van der Waals surface area contributed by atoms with Crippen LogP contribution in [0.4, 0.5) is 0 Å². The molecule has 0 aliphatic heterocycles. The first-order valence-corrected chi connectivity index (χ1v) is 7.23. The van der Waals surface area contributed by atoms with Gasteiger partial charge in [-0.05, 0) is 30.9 Å². The van der Waals surface area contributed by atoms with Crippen LogP contribution in [0.25, 0.3) is 16.7 Å². The first-order valence-electron chi connectivity index (χ1n) is 7.23. The summed E-state index contributed by atoms with van der Waals surface area (Å²) in [5.41, 5.74) is 4.43. The zero-order valence-electron chi connectivity index (χ0n) is 12.5. The maximum atomic E-state index is 5.62. The van der Waals surface area contributed by atoms with Crippen molar-refractivity contribution in [3.8, 4) is 11.1 Å². The van der Waals surface area contributed by atoms with Crippen molar-refractivity contribution in [3.05, 3.63) is 60.5 Å². The Morgan fingerprint density at radius 3 is 2.76 bits per heavy atom. The van der Waals surface area contributed by atoms with E-state index in [1.807, 2.05) is 24.4 Å². The number of aromatic nitrogens is 2. The molecule has 0 radical (unpaired) electrons. The molecule has 1 unspecified atom stereocenters. The summed E-state index contributed by atoms with van der Waals surface area (Å²) in [6.45, 7) is 2.14. The molecule has 0 bridgehead atoms. The highest BCUT2D eigenvalue weighted by atomic mass is 16.5. The second-order valence-electron chi connectivity index (χ2n) is 5.65. The average Bonchev–Trinajstić information content (AvgIpc) is 2.93. The monoisotopic (exact) mass is 280 g/mol. The molecular weight excluding hydrogens is 260 g/mol. The van der Waals surface area contributed by atoms with Gasteiger partial charge in [0.2, 0.25) is 0 Å². The second kappa shape index (κ2) is 5.70. The summed E-state index contributed by atoms with van der Waals surface area (Å²) in [4.78, 5) is 0. The minimum absolute atomic E-state index is 0.120. The molecule has 3 heteroatoms. The molecule has 2 aromatic rings. The Hall–Kier alpha value is -2.13. The third kappa shape index (κ3) is 2.83. The lowest BCUT2D eigenvalue weighted by Crippen LogP contribution is -2.24. The van der Waals surface area contributed by atoms with E-state index >= 15 is 0 Å². The quantitative estimate of drug-likeness (QED) is 0.914. The van der Waals surface area contributed by atoms with Crippen molar-refractivity contribution >= 4 is 5.57 Å². The summed E-state index contributed by atoms with van der Waals surface area (Å²) in [7, 11) is 1.78. The molecule has 0 spiro atoms. The van der Waals surface area contributed by atoms with Crippen LogP contribution in [0.5, 0.6) is 0 Å². The van der Waals surface area contributed by atoms with E-state index in [0.717, 1.165) is 24.1 Å². The fraction of sp³-hybridized carbons (Fsp3) is 0.278. The number of methoxy groups -OCH3 is 1. The number of nitrogens with zero attached hydrogens (tertiary/aromatic N) is 1. The van der Waals surface area contributed by atoms with E-state index in [0.29, 0.717) is 0 Å². The van der Waals surface area contributed by atoms with Crippen LogP contribution in [-0.4, -0.2) is 22.9 Å². The number of ether oxygens (including phenoxy) is 1. The Morgan fingerprint density at radius 1 is 1.19 bits per heavy atom. The molecule has 0 amide bonds. The third-order valence-corrected chi connectivity index (χ3v) is 4.11. The zero-order valence-corrected chi connectivity index (χ0v) is 12.5. The lowest BCUT2D eigenvalue weighted by atomic mass is 9.98. The number of hydrogen-bond donors (Lipinski definition) is 1. The number of aromatic amines is 1. The van der Waals surface area contributed by atoms with E-state index in [1.165, 1.54) is 11.1 Å². The molecule has 0 saturated heterocycles. The summed E-state index contributed by atoms with van der Waals surface area (Å²) in [6, 6.07) is 10.3. The number of H-pyrrole nitrogens is 1. The van der Waals surface area contributed by atoms with Crippen molar-refractivity contribution in [2.75, 3.05) is 7.11 Å². The zero-order chi connectivity index (χ0) is 14.7. The highest BCUT2D eigenvalue weighted by molar-refractivity contribution is 5.83. The molecule has 1 atom stereocenters. The molecule has 1 aliphatic carbocycles. The molecule has 108 valence electrons. The van der Waals surface area contributed by atoms with Gasteiger partial charge in [-0.3, -0.25) is 5.10 Å². The minimum Gasteiger partial charge on any atom is -0.378 e. The van der Waals surface area contributed by atoms with Gasteiger partial charge in [-0.15, -0.1) is 0 Å². The molecule has 1 aromatic heterocycles. The fourth-order valence-electron chi connectivity index (χ4n) is 2.61. The number of nitrogens with one attached hydrogen (secondary N) is 1. The largest absolute Gasteiger partial charge is 0.378 e. The van der Waals surface area contributed by atoms with E-state index in [-0.39, 0.29) is 5.60 Å². The van der Waals surface area contributed by atoms with Gasteiger partial charge in [0.25, 0.3) is 0 Å². The van der Waals surface area contributed by atoms with Gasteiger partial charge in [-0.2, -0.15) is 5.10 Å². The Bertz CT molecular complexity index is 670. The summed E-state index contributed by atoms with van der Waals surface area (Å²) in [5, 5.41) is 7.37.